The maximum Gasteiger partial charge on any atom is 0.241 e. The van der Waals surface area contributed by atoms with Crippen LogP contribution >= 0.6 is 12.4 Å². The van der Waals surface area contributed by atoms with Gasteiger partial charge in [-0.3, -0.25) is 4.79 Å². The third kappa shape index (κ3) is 5.36. The molecular weight excluding hydrogens is 312 g/mol. The molecule has 0 aliphatic heterocycles. The van der Waals surface area contributed by atoms with Gasteiger partial charge in [-0.1, -0.05) is 54.1 Å². The quantitative estimate of drug-likeness (QED) is 0.853. The van der Waals surface area contributed by atoms with Crippen molar-refractivity contribution in [2.75, 3.05) is 7.11 Å². The number of rotatable bonds is 6. The Labute approximate surface area is 143 Å². The lowest BCUT2D eigenvalue weighted by molar-refractivity contribution is -0.122. The molecule has 0 saturated heterocycles. The summed E-state index contributed by atoms with van der Waals surface area (Å²) >= 11 is 0. The smallest absolute Gasteiger partial charge is 0.241 e. The Kier molecular flexibility index (Phi) is 7.75. The van der Waals surface area contributed by atoms with Crippen LogP contribution in [0.4, 0.5) is 0 Å². The molecule has 1 unspecified atom stereocenters. The molecule has 23 heavy (non-hydrogen) atoms. The van der Waals surface area contributed by atoms with Gasteiger partial charge in [0, 0.05) is 13.7 Å². The molecule has 0 aromatic heterocycles. The van der Waals surface area contributed by atoms with Gasteiger partial charge in [0.05, 0.1) is 6.61 Å². The van der Waals surface area contributed by atoms with Crippen LogP contribution in [0.5, 0.6) is 0 Å². The maximum absolute atomic E-state index is 12.2. The van der Waals surface area contributed by atoms with Crippen molar-refractivity contribution in [3.63, 3.8) is 0 Å². The normalized spacial score (nSPS) is 11.4. The van der Waals surface area contributed by atoms with Gasteiger partial charge in [0.25, 0.3) is 0 Å². The number of nitrogens with one attached hydrogen (secondary N) is 1. The van der Waals surface area contributed by atoms with Crippen molar-refractivity contribution in [3.05, 3.63) is 70.8 Å². The lowest BCUT2D eigenvalue weighted by atomic mass is 10.0. The zero-order chi connectivity index (χ0) is 15.9. The summed E-state index contributed by atoms with van der Waals surface area (Å²) in [5, 5.41) is 2.89. The summed E-state index contributed by atoms with van der Waals surface area (Å²) in [5.41, 5.74) is 10.1. The predicted molar refractivity (Wildman–Crippen MR) is 94.4 cm³/mol. The maximum atomic E-state index is 12.2. The van der Waals surface area contributed by atoms with E-state index in [0.717, 1.165) is 22.3 Å². The van der Waals surface area contributed by atoms with E-state index in [4.69, 9.17) is 10.5 Å². The lowest BCUT2D eigenvalue weighted by Gasteiger charge is -2.14. The van der Waals surface area contributed by atoms with Gasteiger partial charge in [-0.15, -0.1) is 12.4 Å². The van der Waals surface area contributed by atoms with Gasteiger partial charge in [-0.2, -0.15) is 0 Å². The fourth-order valence-electron chi connectivity index (χ4n) is 2.24. The molecule has 4 nitrogen and oxygen atoms in total. The Balaban J connectivity index is 0.00000264. The van der Waals surface area contributed by atoms with Gasteiger partial charge in [-0.05, 0) is 23.6 Å². The molecule has 124 valence electrons. The molecule has 0 bridgehead atoms. The first-order valence-electron chi connectivity index (χ1n) is 7.27. The molecule has 5 heteroatoms. The molecule has 3 N–H and O–H groups in total. The third-order valence-corrected chi connectivity index (χ3v) is 3.59. The molecule has 2 aromatic carbocycles. The summed E-state index contributed by atoms with van der Waals surface area (Å²) < 4.78 is 5.17. The van der Waals surface area contributed by atoms with Gasteiger partial charge >= 0.3 is 0 Å². The van der Waals surface area contributed by atoms with Crippen molar-refractivity contribution in [2.45, 2.75) is 26.1 Å². The third-order valence-electron chi connectivity index (χ3n) is 3.59. The zero-order valence-corrected chi connectivity index (χ0v) is 14.2. The van der Waals surface area contributed by atoms with Gasteiger partial charge in [0.15, 0.2) is 0 Å². The van der Waals surface area contributed by atoms with Crippen LogP contribution in [-0.4, -0.2) is 13.0 Å². The monoisotopic (exact) mass is 334 g/mol. The number of methoxy groups -OCH3 is 1. The Morgan fingerprint density at radius 2 is 1.74 bits per heavy atom. The summed E-state index contributed by atoms with van der Waals surface area (Å²) in [7, 11) is 1.66. The first kappa shape index (κ1) is 19.2. The molecule has 0 aliphatic carbocycles. The van der Waals surface area contributed by atoms with Crippen LogP contribution in [-0.2, 0) is 22.7 Å². The van der Waals surface area contributed by atoms with Crippen LogP contribution in [0.1, 0.15) is 28.3 Å². The summed E-state index contributed by atoms with van der Waals surface area (Å²) in [6.07, 6.45) is 0. The van der Waals surface area contributed by atoms with Crippen LogP contribution in [0.2, 0.25) is 0 Å². The van der Waals surface area contributed by atoms with E-state index in [2.05, 4.69) is 5.32 Å². The van der Waals surface area contributed by atoms with Crippen LogP contribution < -0.4 is 11.1 Å². The molecular formula is C18H23ClN2O2. The minimum atomic E-state index is -0.657. The Morgan fingerprint density at radius 1 is 1.13 bits per heavy atom. The van der Waals surface area contributed by atoms with Crippen molar-refractivity contribution in [3.8, 4) is 0 Å². The van der Waals surface area contributed by atoms with E-state index >= 15 is 0 Å². The highest BCUT2D eigenvalue weighted by Crippen LogP contribution is 2.13. The number of amides is 1. The average molecular weight is 335 g/mol. The lowest BCUT2D eigenvalue weighted by Crippen LogP contribution is -2.33. The second kappa shape index (κ2) is 9.30. The molecule has 0 fully saturated rings. The Morgan fingerprint density at radius 3 is 2.35 bits per heavy atom. The van der Waals surface area contributed by atoms with Gasteiger partial charge in [-0.25, -0.2) is 0 Å². The summed E-state index contributed by atoms with van der Waals surface area (Å²) in [5.74, 6) is -0.184. The number of aryl methyl sites for hydroxylation is 1. The minimum absolute atomic E-state index is 0. The zero-order valence-electron chi connectivity index (χ0n) is 13.4. The van der Waals surface area contributed by atoms with E-state index in [9.17, 15) is 4.79 Å². The van der Waals surface area contributed by atoms with E-state index in [1.54, 1.807) is 7.11 Å². The van der Waals surface area contributed by atoms with Crippen molar-refractivity contribution in [1.29, 1.82) is 0 Å². The van der Waals surface area contributed by atoms with Crippen LogP contribution in [0.15, 0.2) is 48.5 Å². The Hall–Kier alpha value is -1.88. The number of carbonyl (C=O) groups excluding carboxylic acids is 1. The Bertz CT molecular complexity index is 629. The molecule has 0 saturated carbocycles. The van der Waals surface area contributed by atoms with Crippen LogP contribution in [0, 0.1) is 6.92 Å². The van der Waals surface area contributed by atoms with Crippen molar-refractivity contribution in [2.24, 2.45) is 5.73 Å². The van der Waals surface area contributed by atoms with E-state index in [1.165, 1.54) is 0 Å². The molecule has 2 rings (SSSR count). The molecule has 0 heterocycles. The van der Waals surface area contributed by atoms with Crippen molar-refractivity contribution in [1.82, 2.24) is 5.32 Å². The highest BCUT2D eigenvalue weighted by Gasteiger charge is 2.15. The minimum Gasteiger partial charge on any atom is -0.380 e. The van der Waals surface area contributed by atoms with E-state index in [0.29, 0.717) is 13.2 Å². The number of halogens is 1. The largest absolute Gasteiger partial charge is 0.380 e. The fourth-order valence-corrected chi connectivity index (χ4v) is 2.24. The van der Waals surface area contributed by atoms with Crippen LogP contribution in [0.3, 0.4) is 0 Å². The van der Waals surface area contributed by atoms with Gasteiger partial charge in [0.1, 0.15) is 6.04 Å². The molecule has 1 atom stereocenters. The van der Waals surface area contributed by atoms with Crippen LogP contribution in [0.25, 0.3) is 0 Å². The number of benzene rings is 2. The van der Waals surface area contributed by atoms with Crippen molar-refractivity contribution >= 4 is 18.3 Å². The molecule has 0 radical (unpaired) electrons. The molecule has 0 aliphatic rings. The number of carbonyl (C=O) groups is 1. The number of ether oxygens (including phenoxy) is 1. The second-order valence-corrected chi connectivity index (χ2v) is 5.31. The summed E-state index contributed by atoms with van der Waals surface area (Å²) in [6.45, 7) is 2.97. The topological polar surface area (TPSA) is 64.3 Å². The van der Waals surface area contributed by atoms with E-state index in [-0.39, 0.29) is 18.3 Å². The molecule has 2 aromatic rings. The number of nitrogens with two attached hydrogens (primary N) is 1. The molecule has 0 spiro atoms. The second-order valence-electron chi connectivity index (χ2n) is 5.31. The summed E-state index contributed by atoms with van der Waals surface area (Å²) in [6, 6.07) is 14.9. The van der Waals surface area contributed by atoms with E-state index < -0.39 is 6.04 Å². The van der Waals surface area contributed by atoms with E-state index in [1.807, 2.05) is 55.5 Å². The summed E-state index contributed by atoms with van der Waals surface area (Å²) in [4.78, 5) is 12.2. The predicted octanol–water partition coefficient (Wildman–Crippen LogP) is 2.88. The van der Waals surface area contributed by atoms with Crippen molar-refractivity contribution < 1.29 is 9.53 Å². The SMILES string of the molecule is COCc1ccccc1CNC(=O)C(N)c1ccc(C)cc1.Cl. The van der Waals surface area contributed by atoms with Gasteiger partial charge < -0.3 is 15.8 Å². The number of hydrogen-bond acceptors (Lipinski definition) is 3. The fraction of sp³-hybridized carbons (Fsp3) is 0.278. The number of hydrogen-bond donors (Lipinski definition) is 2. The van der Waals surface area contributed by atoms with Gasteiger partial charge in [0.2, 0.25) is 5.91 Å². The molecule has 1 amide bonds. The standard InChI is InChI=1S/C18H22N2O2.ClH/c1-13-7-9-14(10-8-13)17(19)18(21)20-11-15-5-3-4-6-16(15)12-22-2;/h3-10,17H,11-12,19H2,1-2H3,(H,20,21);1H. The first-order valence-corrected chi connectivity index (χ1v) is 7.27. The average Bonchev–Trinajstić information content (AvgIpc) is 2.54. The highest BCUT2D eigenvalue weighted by molar-refractivity contribution is 5.85. The first-order chi connectivity index (χ1) is 10.6. The highest BCUT2D eigenvalue weighted by atomic mass is 35.5.